The van der Waals surface area contributed by atoms with Crippen LogP contribution in [0, 0.1) is 0 Å². The van der Waals surface area contributed by atoms with Crippen LogP contribution >= 0.6 is 0 Å². The van der Waals surface area contributed by atoms with Crippen molar-refractivity contribution in [3.05, 3.63) is 0 Å². The number of esters is 2. The second kappa shape index (κ2) is 9.34. The molecule has 0 N–H and O–H groups in total. The molecule has 1 aliphatic rings. The molecule has 0 saturated carbocycles. The molecular weight excluding hydrogens is 314 g/mol. The van der Waals surface area contributed by atoms with Gasteiger partial charge in [-0.15, -0.1) is 0 Å². The fourth-order valence-corrected chi connectivity index (χ4v) is 2.49. The molecule has 0 unspecified atom stereocenters. The fraction of sp³-hybridized carbons (Fsp3) is 0.882. The molecule has 1 aliphatic heterocycles. The van der Waals surface area contributed by atoms with Gasteiger partial charge in [0.2, 0.25) is 0 Å². The highest BCUT2D eigenvalue weighted by atomic mass is 16.8. The van der Waals surface area contributed by atoms with Gasteiger partial charge in [-0.1, -0.05) is 0 Å². The average molecular weight is 345 g/mol. The minimum atomic E-state index is -0.815. The maximum Gasteiger partial charge on any atom is 0.308 e. The van der Waals surface area contributed by atoms with Gasteiger partial charge < -0.3 is 23.8 Å². The number of carbonyl (C=O) groups excluding carboxylic acids is 2. The van der Waals surface area contributed by atoms with Crippen LogP contribution in [0.25, 0.3) is 0 Å². The zero-order valence-corrected chi connectivity index (χ0v) is 15.7. The van der Waals surface area contributed by atoms with Gasteiger partial charge in [-0.05, 0) is 54.8 Å². The van der Waals surface area contributed by atoms with E-state index in [1.165, 1.54) is 0 Å². The van der Waals surface area contributed by atoms with Gasteiger partial charge in [-0.2, -0.15) is 0 Å². The van der Waals surface area contributed by atoms with Crippen LogP contribution in [0.4, 0.5) is 0 Å². The number of nitrogens with zero attached hydrogens (tertiary/aromatic N) is 1. The van der Waals surface area contributed by atoms with E-state index in [4.69, 9.17) is 18.9 Å². The Morgan fingerprint density at radius 3 is 2.33 bits per heavy atom. The van der Waals surface area contributed by atoms with Crippen molar-refractivity contribution in [1.82, 2.24) is 4.90 Å². The third-order valence-electron chi connectivity index (χ3n) is 3.41. The van der Waals surface area contributed by atoms with Crippen LogP contribution < -0.4 is 0 Å². The molecule has 140 valence electrons. The van der Waals surface area contributed by atoms with E-state index in [9.17, 15) is 9.59 Å². The standard InChI is InChI=1S/C17H31NO6/c1-12(2)22-16(20)10-13-14(24-17(3,4)23-13)11-21-15(19)8-7-9-18(5)6/h12-14H,7-11H2,1-6H3/t13-,14-/m1/s1. The lowest BCUT2D eigenvalue weighted by molar-refractivity contribution is -0.162. The van der Waals surface area contributed by atoms with Gasteiger partial charge in [0.1, 0.15) is 18.8 Å². The van der Waals surface area contributed by atoms with Gasteiger partial charge in [0.15, 0.2) is 5.79 Å². The fourth-order valence-electron chi connectivity index (χ4n) is 2.49. The van der Waals surface area contributed by atoms with Crippen molar-refractivity contribution in [3.63, 3.8) is 0 Å². The summed E-state index contributed by atoms with van der Waals surface area (Å²) in [4.78, 5) is 25.6. The molecule has 1 fully saturated rings. The first-order valence-electron chi connectivity index (χ1n) is 8.44. The quantitative estimate of drug-likeness (QED) is 0.589. The zero-order valence-electron chi connectivity index (χ0n) is 15.7. The Morgan fingerprint density at radius 2 is 1.75 bits per heavy atom. The van der Waals surface area contributed by atoms with Gasteiger partial charge in [0.25, 0.3) is 0 Å². The normalized spacial score (nSPS) is 22.8. The number of carbonyl (C=O) groups is 2. The molecule has 0 radical (unpaired) electrons. The van der Waals surface area contributed by atoms with Gasteiger partial charge in [0.05, 0.1) is 12.5 Å². The molecule has 0 aromatic rings. The van der Waals surface area contributed by atoms with Crippen molar-refractivity contribution in [2.45, 2.75) is 71.1 Å². The highest BCUT2D eigenvalue weighted by molar-refractivity contribution is 5.70. The van der Waals surface area contributed by atoms with E-state index >= 15 is 0 Å². The number of hydrogen-bond acceptors (Lipinski definition) is 7. The molecule has 0 aromatic carbocycles. The molecule has 0 aliphatic carbocycles. The molecule has 1 rings (SSSR count). The first-order chi connectivity index (χ1) is 11.1. The molecule has 0 amide bonds. The zero-order chi connectivity index (χ0) is 18.3. The SMILES string of the molecule is CC(C)OC(=O)C[C@H]1OC(C)(C)O[C@@H]1COC(=O)CCCN(C)C. The smallest absolute Gasteiger partial charge is 0.308 e. The van der Waals surface area contributed by atoms with Crippen molar-refractivity contribution in [3.8, 4) is 0 Å². The molecule has 0 aromatic heterocycles. The Bertz CT molecular complexity index is 421. The van der Waals surface area contributed by atoms with Crippen LogP contribution in [0.5, 0.6) is 0 Å². The summed E-state index contributed by atoms with van der Waals surface area (Å²) in [6, 6.07) is 0. The number of rotatable bonds is 9. The van der Waals surface area contributed by atoms with Gasteiger partial charge >= 0.3 is 11.9 Å². The largest absolute Gasteiger partial charge is 0.463 e. The molecule has 7 heteroatoms. The number of hydrogen-bond donors (Lipinski definition) is 0. The Balaban J connectivity index is 2.45. The van der Waals surface area contributed by atoms with Crippen LogP contribution in [-0.4, -0.2) is 68.2 Å². The lowest BCUT2D eigenvalue weighted by Crippen LogP contribution is -2.32. The second-order valence-corrected chi connectivity index (χ2v) is 7.05. The monoisotopic (exact) mass is 345 g/mol. The van der Waals surface area contributed by atoms with Crippen molar-refractivity contribution in [2.75, 3.05) is 27.2 Å². The predicted molar refractivity (Wildman–Crippen MR) is 88.4 cm³/mol. The molecule has 24 heavy (non-hydrogen) atoms. The Hall–Kier alpha value is -1.18. The van der Waals surface area contributed by atoms with Gasteiger partial charge in [0, 0.05) is 6.42 Å². The number of ether oxygens (including phenoxy) is 4. The Labute approximate surface area is 144 Å². The molecule has 2 atom stereocenters. The molecule has 1 heterocycles. The first-order valence-corrected chi connectivity index (χ1v) is 8.44. The van der Waals surface area contributed by atoms with E-state index in [0.29, 0.717) is 6.42 Å². The summed E-state index contributed by atoms with van der Waals surface area (Å²) in [7, 11) is 3.91. The predicted octanol–water partition coefficient (Wildman–Crippen LogP) is 1.73. The third-order valence-corrected chi connectivity index (χ3v) is 3.41. The van der Waals surface area contributed by atoms with Crippen LogP contribution in [0.3, 0.4) is 0 Å². The maximum absolute atomic E-state index is 11.8. The van der Waals surface area contributed by atoms with Crippen molar-refractivity contribution in [1.29, 1.82) is 0 Å². The van der Waals surface area contributed by atoms with E-state index in [1.807, 2.05) is 19.0 Å². The second-order valence-electron chi connectivity index (χ2n) is 7.05. The van der Waals surface area contributed by atoms with Crippen LogP contribution in [0.15, 0.2) is 0 Å². The molecular formula is C17H31NO6. The molecule has 7 nitrogen and oxygen atoms in total. The lowest BCUT2D eigenvalue weighted by Gasteiger charge is -2.17. The minimum Gasteiger partial charge on any atom is -0.463 e. The summed E-state index contributed by atoms with van der Waals surface area (Å²) in [6.45, 7) is 8.03. The summed E-state index contributed by atoms with van der Waals surface area (Å²) < 4.78 is 21.9. The van der Waals surface area contributed by atoms with E-state index < -0.39 is 18.0 Å². The maximum atomic E-state index is 11.8. The lowest BCUT2D eigenvalue weighted by atomic mass is 10.1. The average Bonchev–Trinajstić information content (AvgIpc) is 2.69. The van der Waals surface area contributed by atoms with Gasteiger partial charge in [-0.25, -0.2) is 0 Å². The summed E-state index contributed by atoms with van der Waals surface area (Å²) >= 11 is 0. The van der Waals surface area contributed by atoms with Gasteiger partial charge in [-0.3, -0.25) is 9.59 Å². The van der Waals surface area contributed by atoms with E-state index in [0.717, 1.165) is 13.0 Å². The molecule has 0 bridgehead atoms. The van der Waals surface area contributed by atoms with E-state index in [1.54, 1.807) is 27.7 Å². The van der Waals surface area contributed by atoms with Crippen molar-refractivity contribution >= 4 is 11.9 Å². The summed E-state index contributed by atoms with van der Waals surface area (Å²) in [5, 5.41) is 0. The minimum absolute atomic E-state index is 0.0733. The highest BCUT2D eigenvalue weighted by Gasteiger charge is 2.43. The summed E-state index contributed by atoms with van der Waals surface area (Å²) in [6.07, 6.45) is 0.0301. The van der Waals surface area contributed by atoms with Crippen LogP contribution in [0.2, 0.25) is 0 Å². The van der Waals surface area contributed by atoms with Crippen molar-refractivity contribution < 1.29 is 28.5 Å². The molecule has 1 saturated heterocycles. The Morgan fingerprint density at radius 1 is 1.12 bits per heavy atom. The first kappa shape index (κ1) is 20.9. The summed E-state index contributed by atoms with van der Waals surface area (Å²) in [5.41, 5.74) is 0. The molecule has 0 spiro atoms. The topological polar surface area (TPSA) is 74.3 Å². The van der Waals surface area contributed by atoms with E-state index in [-0.39, 0.29) is 31.1 Å². The Kier molecular flexibility index (Phi) is 8.12. The highest BCUT2D eigenvalue weighted by Crippen LogP contribution is 2.30. The third kappa shape index (κ3) is 8.08. The van der Waals surface area contributed by atoms with Crippen molar-refractivity contribution in [2.24, 2.45) is 0 Å². The van der Waals surface area contributed by atoms with E-state index in [2.05, 4.69) is 0 Å². The van der Waals surface area contributed by atoms with Crippen LogP contribution in [0.1, 0.15) is 47.0 Å². The summed E-state index contributed by atoms with van der Waals surface area (Å²) in [5.74, 6) is -1.43. The van der Waals surface area contributed by atoms with Crippen LogP contribution in [-0.2, 0) is 28.5 Å².